The molecule has 100 valence electrons. The highest BCUT2D eigenvalue weighted by molar-refractivity contribution is 5.97. The summed E-state index contributed by atoms with van der Waals surface area (Å²) in [4.78, 5) is 23.6. The topological polar surface area (TPSA) is 68.5 Å². The molecule has 1 aromatic rings. The van der Waals surface area contributed by atoms with Gasteiger partial charge in [-0.05, 0) is 12.0 Å². The van der Waals surface area contributed by atoms with Crippen molar-refractivity contribution in [3.05, 3.63) is 23.7 Å². The molecule has 18 heavy (non-hydrogen) atoms. The molecule has 5 heteroatoms. The second kappa shape index (κ2) is 6.23. The Kier molecular flexibility index (Phi) is 4.95. The zero-order chi connectivity index (χ0) is 13.7. The van der Waals surface area contributed by atoms with Gasteiger partial charge in [0.25, 0.3) is 5.91 Å². The summed E-state index contributed by atoms with van der Waals surface area (Å²) >= 11 is 0. The molecular weight excluding hydrogens is 234 g/mol. The standard InChI is InChI=1S/C13H19NO4/c1-5-10-9(6-7-18-10)12(15)14-11(8(2)3)13(16)17-4/h6-8,11H,5H2,1-4H3,(H,14,15). The van der Waals surface area contributed by atoms with Crippen molar-refractivity contribution in [1.82, 2.24) is 5.32 Å². The molecule has 0 bridgehead atoms. The van der Waals surface area contributed by atoms with E-state index in [0.717, 1.165) is 0 Å². The minimum Gasteiger partial charge on any atom is -0.469 e. The number of nitrogens with one attached hydrogen (secondary N) is 1. The molecule has 0 aliphatic heterocycles. The Labute approximate surface area is 106 Å². The van der Waals surface area contributed by atoms with Gasteiger partial charge in [0.05, 0.1) is 18.9 Å². The number of carbonyl (C=O) groups is 2. The van der Waals surface area contributed by atoms with Crippen LogP contribution < -0.4 is 5.32 Å². The van der Waals surface area contributed by atoms with E-state index in [4.69, 9.17) is 4.42 Å². The van der Waals surface area contributed by atoms with E-state index in [1.807, 2.05) is 20.8 Å². The Bertz CT molecular complexity index is 422. The molecule has 1 aromatic heterocycles. The Hall–Kier alpha value is -1.78. The van der Waals surface area contributed by atoms with Crippen molar-refractivity contribution in [2.45, 2.75) is 33.2 Å². The zero-order valence-electron chi connectivity index (χ0n) is 11.1. The number of esters is 1. The maximum atomic E-state index is 12.0. The van der Waals surface area contributed by atoms with Gasteiger partial charge < -0.3 is 14.5 Å². The first kappa shape index (κ1) is 14.3. The number of methoxy groups -OCH3 is 1. The molecule has 1 amide bonds. The third kappa shape index (κ3) is 3.12. The van der Waals surface area contributed by atoms with Gasteiger partial charge in [-0.15, -0.1) is 0 Å². The lowest BCUT2D eigenvalue weighted by molar-refractivity contribution is -0.144. The van der Waals surface area contributed by atoms with Crippen molar-refractivity contribution in [3.8, 4) is 0 Å². The van der Waals surface area contributed by atoms with E-state index in [9.17, 15) is 9.59 Å². The summed E-state index contributed by atoms with van der Waals surface area (Å²) in [5.74, 6) is -0.192. The molecule has 0 saturated carbocycles. The summed E-state index contributed by atoms with van der Waals surface area (Å²) < 4.78 is 9.86. The van der Waals surface area contributed by atoms with Gasteiger partial charge in [0.2, 0.25) is 0 Å². The Morgan fingerprint density at radius 3 is 2.61 bits per heavy atom. The predicted molar refractivity (Wildman–Crippen MR) is 66.2 cm³/mol. The Morgan fingerprint density at radius 1 is 1.44 bits per heavy atom. The molecule has 0 aromatic carbocycles. The van der Waals surface area contributed by atoms with Crippen molar-refractivity contribution in [1.29, 1.82) is 0 Å². The van der Waals surface area contributed by atoms with Crippen LogP contribution in [0.3, 0.4) is 0 Å². The first-order valence-corrected chi connectivity index (χ1v) is 5.96. The van der Waals surface area contributed by atoms with E-state index < -0.39 is 12.0 Å². The van der Waals surface area contributed by atoms with Gasteiger partial charge in [0, 0.05) is 6.42 Å². The van der Waals surface area contributed by atoms with Crippen LogP contribution in [0.1, 0.15) is 36.9 Å². The van der Waals surface area contributed by atoms with Gasteiger partial charge >= 0.3 is 5.97 Å². The molecule has 0 fully saturated rings. The SMILES string of the molecule is CCc1occc1C(=O)NC(C(=O)OC)C(C)C. The van der Waals surface area contributed by atoms with Crippen LogP contribution in [0.15, 0.2) is 16.7 Å². The molecule has 1 unspecified atom stereocenters. The molecule has 1 rings (SSSR count). The predicted octanol–water partition coefficient (Wildman–Crippen LogP) is 1.77. The average molecular weight is 253 g/mol. The number of carbonyl (C=O) groups excluding carboxylic acids is 2. The van der Waals surface area contributed by atoms with Crippen LogP contribution in [0.5, 0.6) is 0 Å². The summed E-state index contributed by atoms with van der Waals surface area (Å²) in [5, 5.41) is 2.67. The normalized spacial score (nSPS) is 12.3. The maximum Gasteiger partial charge on any atom is 0.328 e. The highest BCUT2D eigenvalue weighted by Crippen LogP contribution is 2.12. The molecule has 0 radical (unpaired) electrons. The lowest BCUT2D eigenvalue weighted by Gasteiger charge is -2.19. The molecular formula is C13H19NO4. The molecule has 1 atom stereocenters. The fraction of sp³-hybridized carbons (Fsp3) is 0.538. The van der Waals surface area contributed by atoms with Crippen molar-refractivity contribution in [2.24, 2.45) is 5.92 Å². The number of furan rings is 1. The summed E-state index contributed by atoms with van der Waals surface area (Å²) in [6.07, 6.45) is 2.09. The van der Waals surface area contributed by atoms with Crippen molar-refractivity contribution in [2.75, 3.05) is 7.11 Å². The summed E-state index contributed by atoms with van der Waals surface area (Å²) in [7, 11) is 1.30. The number of hydrogen-bond donors (Lipinski definition) is 1. The number of aryl methyl sites for hydroxylation is 1. The first-order chi connectivity index (χ1) is 8.51. The van der Waals surface area contributed by atoms with Crippen LogP contribution in [0.2, 0.25) is 0 Å². The van der Waals surface area contributed by atoms with E-state index >= 15 is 0 Å². The molecule has 5 nitrogen and oxygen atoms in total. The lowest BCUT2D eigenvalue weighted by atomic mass is 10.0. The highest BCUT2D eigenvalue weighted by atomic mass is 16.5. The fourth-order valence-electron chi connectivity index (χ4n) is 1.66. The van der Waals surface area contributed by atoms with Gasteiger partial charge in [0.1, 0.15) is 11.8 Å². The number of amides is 1. The Morgan fingerprint density at radius 2 is 2.11 bits per heavy atom. The van der Waals surface area contributed by atoms with Crippen LogP contribution in [-0.2, 0) is 16.0 Å². The van der Waals surface area contributed by atoms with Gasteiger partial charge in [0.15, 0.2) is 0 Å². The number of rotatable bonds is 5. The molecule has 0 aliphatic carbocycles. The maximum absolute atomic E-state index is 12.0. The van der Waals surface area contributed by atoms with Crippen molar-refractivity contribution in [3.63, 3.8) is 0 Å². The summed E-state index contributed by atoms with van der Waals surface area (Å²) in [5.41, 5.74) is 0.465. The molecule has 1 heterocycles. The van der Waals surface area contributed by atoms with Gasteiger partial charge in [-0.2, -0.15) is 0 Å². The number of hydrogen-bond acceptors (Lipinski definition) is 4. The van der Waals surface area contributed by atoms with Crippen LogP contribution in [-0.4, -0.2) is 25.0 Å². The average Bonchev–Trinajstić information content (AvgIpc) is 2.82. The second-order valence-corrected chi connectivity index (χ2v) is 4.33. The molecule has 0 saturated heterocycles. The highest BCUT2D eigenvalue weighted by Gasteiger charge is 2.26. The van der Waals surface area contributed by atoms with Crippen molar-refractivity contribution < 1.29 is 18.7 Å². The van der Waals surface area contributed by atoms with Gasteiger partial charge in [-0.25, -0.2) is 4.79 Å². The molecule has 0 spiro atoms. The quantitative estimate of drug-likeness (QED) is 0.812. The van der Waals surface area contributed by atoms with E-state index in [1.165, 1.54) is 13.4 Å². The molecule has 1 N–H and O–H groups in total. The van der Waals surface area contributed by atoms with Crippen LogP contribution in [0.4, 0.5) is 0 Å². The largest absolute Gasteiger partial charge is 0.469 e. The van der Waals surface area contributed by atoms with E-state index in [-0.39, 0.29) is 11.8 Å². The second-order valence-electron chi connectivity index (χ2n) is 4.33. The van der Waals surface area contributed by atoms with Crippen LogP contribution >= 0.6 is 0 Å². The van der Waals surface area contributed by atoms with Crippen LogP contribution in [0.25, 0.3) is 0 Å². The van der Waals surface area contributed by atoms with Crippen LogP contribution in [0, 0.1) is 5.92 Å². The fourth-order valence-corrected chi connectivity index (χ4v) is 1.66. The van der Waals surface area contributed by atoms with E-state index in [2.05, 4.69) is 10.1 Å². The monoisotopic (exact) mass is 253 g/mol. The smallest absolute Gasteiger partial charge is 0.328 e. The van der Waals surface area contributed by atoms with Gasteiger partial charge in [-0.3, -0.25) is 4.79 Å². The first-order valence-electron chi connectivity index (χ1n) is 5.96. The minimum absolute atomic E-state index is 0.0432. The summed E-state index contributed by atoms with van der Waals surface area (Å²) in [6.45, 7) is 5.59. The minimum atomic E-state index is -0.651. The van der Waals surface area contributed by atoms with Crippen molar-refractivity contribution >= 4 is 11.9 Å². The third-order valence-electron chi connectivity index (χ3n) is 2.72. The Balaban J connectivity index is 2.82. The lowest BCUT2D eigenvalue weighted by Crippen LogP contribution is -2.45. The number of ether oxygens (including phenoxy) is 1. The summed E-state index contributed by atoms with van der Waals surface area (Å²) in [6, 6.07) is 0.949. The third-order valence-corrected chi connectivity index (χ3v) is 2.72. The zero-order valence-corrected chi connectivity index (χ0v) is 11.1. The van der Waals surface area contributed by atoms with E-state index in [1.54, 1.807) is 6.07 Å². The molecule has 0 aliphatic rings. The van der Waals surface area contributed by atoms with Gasteiger partial charge in [-0.1, -0.05) is 20.8 Å². The van der Waals surface area contributed by atoms with E-state index in [0.29, 0.717) is 17.7 Å².